The van der Waals surface area contributed by atoms with Crippen molar-refractivity contribution in [1.29, 1.82) is 0 Å². The number of anilines is 1. The number of nitrogens with zero attached hydrogens (tertiary/aromatic N) is 2. The molecule has 0 bridgehead atoms. The fourth-order valence-corrected chi connectivity index (χ4v) is 2.72. The zero-order valence-electron chi connectivity index (χ0n) is 14.9. The predicted octanol–water partition coefficient (Wildman–Crippen LogP) is 0.977. The van der Waals surface area contributed by atoms with Gasteiger partial charge in [-0.25, -0.2) is 9.37 Å². The molecule has 3 rings (SSSR count). The molecule has 9 nitrogen and oxygen atoms in total. The lowest BCUT2D eigenvalue weighted by Gasteiger charge is -2.21. The van der Waals surface area contributed by atoms with Gasteiger partial charge in [0, 0.05) is 19.2 Å². The minimum atomic E-state index is -0.825. The molecule has 1 aliphatic rings. The number of aromatic nitrogens is 2. The van der Waals surface area contributed by atoms with Crippen LogP contribution < -0.4 is 16.2 Å². The number of amides is 2. The maximum Gasteiger partial charge on any atom is 0.297 e. The number of carbonyl (C=O) groups excluding carboxylic acids is 2. The Bertz CT molecular complexity index is 1050. The van der Waals surface area contributed by atoms with Gasteiger partial charge in [0.05, 0.1) is 6.54 Å². The second-order valence-electron chi connectivity index (χ2n) is 6.03. The molecule has 0 atom stereocenters. The molecule has 1 aliphatic heterocycles. The predicted molar refractivity (Wildman–Crippen MR) is 97.0 cm³/mol. The minimum Gasteiger partial charge on any atom is -0.501 e. The summed E-state index contributed by atoms with van der Waals surface area (Å²) in [5, 5.41) is 15.0. The third-order valence-electron chi connectivity index (χ3n) is 4.02. The minimum absolute atomic E-state index is 0.0555. The van der Waals surface area contributed by atoms with Gasteiger partial charge in [0.15, 0.2) is 17.3 Å². The van der Waals surface area contributed by atoms with Crippen molar-refractivity contribution in [2.45, 2.75) is 20.0 Å². The molecule has 0 radical (unpaired) electrons. The number of halogens is 1. The zero-order chi connectivity index (χ0) is 20.4. The van der Waals surface area contributed by atoms with Crippen LogP contribution in [0.4, 0.5) is 10.1 Å². The standard InChI is InChI=1S/C18H17FN4O5/c1-9-16-22-14(15(25)18(27)23(16)5-6-28-9)17(26)20-8-11-3-4-12(19)7-13(11)21-10(2)24/h3-4,7,25H,1,5-6,8H2,2H3,(H,20,26)(H,21,24). The molecule has 0 unspecified atom stereocenters. The van der Waals surface area contributed by atoms with Crippen LogP contribution in [0, 0.1) is 5.82 Å². The van der Waals surface area contributed by atoms with Gasteiger partial charge in [-0.15, -0.1) is 0 Å². The van der Waals surface area contributed by atoms with Crippen LogP contribution in [-0.2, 0) is 22.6 Å². The van der Waals surface area contributed by atoms with Gasteiger partial charge in [0.2, 0.25) is 11.7 Å². The van der Waals surface area contributed by atoms with Crippen molar-refractivity contribution in [2.24, 2.45) is 0 Å². The number of ether oxygens (including phenoxy) is 1. The highest BCUT2D eigenvalue weighted by molar-refractivity contribution is 5.95. The quantitative estimate of drug-likeness (QED) is 0.718. The van der Waals surface area contributed by atoms with Crippen LogP contribution in [0.25, 0.3) is 5.76 Å². The molecule has 0 saturated carbocycles. The van der Waals surface area contributed by atoms with Crippen LogP contribution in [-0.4, -0.2) is 33.1 Å². The molecule has 28 heavy (non-hydrogen) atoms. The SMILES string of the molecule is C=C1OCCn2c1nc(C(=O)NCc1ccc(F)cc1NC(C)=O)c(O)c2=O. The number of fused-ring (bicyclic) bond motifs is 1. The topological polar surface area (TPSA) is 123 Å². The van der Waals surface area contributed by atoms with Crippen molar-refractivity contribution in [2.75, 3.05) is 11.9 Å². The van der Waals surface area contributed by atoms with E-state index in [9.17, 15) is 23.9 Å². The Morgan fingerprint density at radius 3 is 2.89 bits per heavy atom. The molecule has 1 aromatic heterocycles. The van der Waals surface area contributed by atoms with Crippen LogP contribution in [0.2, 0.25) is 0 Å². The van der Waals surface area contributed by atoms with Crippen LogP contribution >= 0.6 is 0 Å². The van der Waals surface area contributed by atoms with Gasteiger partial charge in [-0.2, -0.15) is 0 Å². The van der Waals surface area contributed by atoms with E-state index in [1.54, 1.807) is 0 Å². The largest absolute Gasteiger partial charge is 0.501 e. The molecule has 2 aromatic rings. The molecule has 2 amide bonds. The van der Waals surface area contributed by atoms with Crippen LogP contribution in [0.5, 0.6) is 5.75 Å². The van der Waals surface area contributed by atoms with Crippen molar-refractivity contribution >= 4 is 23.3 Å². The molecule has 0 saturated heterocycles. The van der Waals surface area contributed by atoms with Gasteiger partial charge in [0.25, 0.3) is 11.5 Å². The fraction of sp³-hybridized carbons (Fsp3) is 0.222. The molecule has 3 N–H and O–H groups in total. The summed E-state index contributed by atoms with van der Waals surface area (Å²) in [6.07, 6.45) is 0. The summed E-state index contributed by atoms with van der Waals surface area (Å²) in [5.41, 5.74) is -0.643. The van der Waals surface area contributed by atoms with Crippen molar-refractivity contribution in [3.63, 3.8) is 0 Å². The van der Waals surface area contributed by atoms with Gasteiger partial charge < -0.3 is 20.5 Å². The Morgan fingerprint density at radius 1 is 1.43 bits per heavy atom. The maximum absolute atomic E-state index is 13.4. The molecule has 10 heteroatoms. The number of hydrogen-bond donors (Lipinski definition) is 3. The first-order valence-electron chi connectivity index (χ1n) is 8.28. The summed E-state index contributed by atoms with van der Waals surface area (Å²) in [7, 11) is 0. The van der Waals surface area contributed by atoms with Gasteiger partial charge >= 0.3 is 0 Å². The summed E-state index contributed by atoms with van der Waals surface area (Å²) in [6, 6.07) is 3.69. The maximum atomic E-state index is 13.4. The van der Waals surface area contributed by atoms with E-state index in [0.29, 0.717) is 5.56 Å². The van der Waals surface area contributed by atoms with E-state index in [-0.39, 0.29) is 37.0 Å². The zero-order valence-corrected chi connectivity index (χ0v) is 14.9. The lowest BCUT2D eigenvalue weighted by Crippen LogP contribution is -2.34. The summed E-state index contributed by atoms with van der Waals surface area (Å²) in [5.74, 6) is -2.41. The number of nitrogens with one attached hydrogen (secondary N) is 2. The first-order valence-corrected chi connectivity index (χ1v) is 8.28. The molecule has 0 spiro atoms. The van der Waals surface area contributed by atoms with E-state index in [1.165, 1.54) is 23.6 Å². The summed E-state index contributed by atoms with van der Waals surface area (Å²) < 4.78 is 19.8. The number of rotatable bonds is 4. The summed E-state index contributed by atoms with van der Waals surface area (Å²) in [4.78, 5) is 40.0. The van der Waals surface area contributed by atoms with Gasteiger partial charge in [-0.05, 0) is 17.7 Å². The third kappa shape index (κ3) is 3.70. The second kappa shape index (κ2) is 7.51. The molecular formula is C18H17FN4O5. The Kier molecular flexibility index (Phi) is 5.12. The summed E-state index contributed by atoms with van der Waals surface area (Å²) >= 11 is 0. The highest BCUT2D eigenvalue weighted by Gasteiger charge is 2.25. The highest BCUT2D eigenvalue weighted by Crippen LogP contribution is 2.20. The molecule has 1 aromatic carbocycles. The first kappa shape index (κ1) is 19.1. The monoisotopic (exact) mass is 388 g/mol. The normalized spacial score (nSPS) is 12.7. The lowest BCUT2D eigenvalue weighted by atomic mass is 10.1. The third-order valence-corrected chi connectivity index (χ3v) is 4.02. The molecule has 0 aliphatic carbocycles. The van der Waals surface area contributed by atoms with Crippen LogP contribution in [0.15, 0.2) is 29.6 Å². The van der Waals surface area contributed by atoms with E-state index in [4.69, 9.17) is 4.74 Å². The Hall–Kier alpha value is -3.69. The van der Waals surface area contributed by atoms with Gasteiger partial charge in [-0.3, -0.25) is 19.0 Å². The van der Waals surface area contributed by atoms with Crippen molar-refractivity contribution in [3.8, 4) is 5.75 Å². The second-order valence-corrected chi connectivity index (χ2v) is 6.03. The average molecular weight is 388 g/mol. The Morgan fingerprint density at radius 2 is 2.18 bits per heavy atom. The molecule has 146 valence electrons. The molecular weight excluding hydrogens is 371 g/mol. The van der Waals surface area contributed by atoms with E-state index in [2.05, 4.69) is 22.2 Å². The van der Waals surface area contributed by atoms with Crippen molar-refractivity contribution < 1.29 is 23.8 Å². The average Bonchev–Trinajstić information content (AvgIpc) is 2.63. The smallest absolute Gasteiger partial charge is 0.297 e. The Balaban J connectivity index is 1.86. The fourth-order valence-electron chi connectivity index (χ4n) is 2.72. The van der Waals surface area contributed by atoms with Crippen molar-refractivity contribution in [1.82, 2.24) is 14.9 Å². The lowest BCUT2D eigenvalue weighted by molar-refractivity contribution is -0.114. The van der Waals surface area contributed by atoms with Crippen molar-refractivity contribution in [3.05, 3.63) is 58.0 Å². The van der Waals surface area contributed by atoms with E-state index < -0.39 is 34.6 Å². The molecule has 2 heterocycles. The summed E-state index contributed by atoms with van der Waals surface area (Å²) in [6.45, 7) is 5.17. The van der Waals surface area contributed by atoms with Gasteiger partial charge in [-0.1, -0.05) is 12.6 Å². The van der Waals surface area contributed by atoms with Crippen LogP contribution in [0.1, 0.15) is 28.8 Å². The Labute approximate surface area is 158 Å². The van der Waals surface area contributed by atoms with E-state index >= 15 is 0 Å². The van der Waals surface area contributed by atoms with Gasteiger partial charge in [0.1, 0.15) is 12.4 Å². The van der Waals surface area contributed by atoms with E-state index in [0.717, 1.165) is 6.07 Å². The highest BCUT2D eigenvalue weighted by atomic mass is 19.1. The number of carbonyl (C=O) groups is 2. The number of aromatic hydroxyl groups is 1. The van der Waals surface area contributed by atoms with E-state index in [1.807, 2.05) is 0 Å². The number of benzene rings is 1. The molecule has 0 fully saturated rings. The number of hydrogen-bond acceptors (Lipinski definition) is 6. The van der Waals surface area contributed by atoms with Crippen LogP contribution in [0.3, 0.4) is 0 Å². The first-order chi connectivity index (χ1) is 13.3.